The van der Waals surface area contributed by atoms with Crippen LogP contribution in [0.4, 0.5) is 5.69 Å². The van der Waals surface area contributed by atoms with Crippen molar-refractivity contribution in [1.29, 1.82) is 0 Å². The molecule has 3 nitrogen and oxygen atoms in total. The second-order valence-electron chi connectivity index (χ2n) is 5.79. The fraction of sp³-hybridized carbons (Fsp3) is 0.588. The molecule has 0 atom stereocenters. The molecule has 1 aromatic rings. The molecule has 2 rings (SSSR count). The Morgan fingerprint density at radius 2 is 2.05 bits per heavy atom. The number of methoxy groups -OCH3 is 1. The van der Waals surface area contributed by atoms with E-state index in [0.29, 0.717) is 11.2 Å². The van der Waals surface area contributed by atoms with Crippen LogP contribution in [0.15, 0.2) is 18.2 Å². The molecule has 1 heterocycles. The number of hydrogen-bond donors (Lipinski definition) is 0. The van der Waals surface area contributed by atoms with Crippen molar-refractivity contribution in [2.75, 3.05) is 25.1 Å². The quantitative estimate of drug-likeness (QED) is 0.763. The van der Waals surface area contributed by atoms with Crippen molar-refractivity contribution in [3.05, 3.63) is 23.8 Å². The van der Waals surface area contributed by atoms with Gasteiger partial charge in [-0.1, -0.05) is 19.9 Å². The molecule has 1 fully saturated rings. The van der Waals surface area contributed by atoms with Gasteiger partial charge in [-0.2, -0.15) is 0 Å². The Hall–Kier alpha value is -1.51. The third kappa shape index (κ3) is 2.54. The Bertz CT molecular complexity index is 492. The van der Waals surface area contributed by atoms with Gasteiger partial charge in [-0.05, 0) is 43.7 Å². The van der Waals surface area contributed by atoms with Crippen LogP contribution in [0.2, 0.25) is 0 Å². The van der Waals surface area contributed by atoms with Crippen LogP contribution in [0.3, 0.4) is 0 Å². The number of carbonyl (C=O) groups excluding carboxylic acids is 1. The standard InChI is InChI=1S/C17H25NO2/c1-5-17(6-2)10-11-18(12-17)14-8-7-9-15(20-4)16(14)13(3)19/h7-9H,5-6,10-12H2,1-4H3. The summed E-state index contributed by atoms with van der Waals surface area (Å²) in [5, 5.41) is 0. The van der Waals surface area contributed by atoms with E-state index in [1.165, 1.54) is 19.3 Å². The van der Waals surface area contributed by atoms with Gasteiger partial charge in [0, 0.05) is 13.1 Å². The van der Waals surface area contributed by atoms with Crippen LogP contribution in [0.5, 0.6) is 5.75 Å². The second kappa shape index (κ2) is 5.86. The lowest BCUT2D eigenvalue weighted by molar-refractivity contribution is 0.101. The molecule has 110 valence electrons. The summed E-state index contributed by atoms with van der Waals surface area (Å²) in [6, 6.07) is 5.88. The minimum atomic E-state index is 0.0722. The lowest BCUT2D eigenvalue weighted by Gasteiger charge is -2.28. The first-order chi connectivity index (χ1) is 9.56. The average molecular weight is 275 g/mol. The summed E-state index contributed by atoms with van der Waals surface area (Å²) >= 11 is 0. The number of rotatable bonds is 5. The molecule has 0 N–H and O–H groups in total. The summed E-state index contributed by atoms with van der Waals surface area (Å²) in [6.07, 6.45) is 3.59. The van der Waals surface area contributed by atoms with Gasteiger partial charge in [0.2, 0.25) is 0 Å². The lowest BCUT2D eigenvalue weighted by Crippen LogP contribution is -2.27. The first-order valence-corrected chi connectivity index (χ1v) is 7.50. The first kappa shape index (κ1) is 14.9. The van der Waals surface area contributed by atoms with E-state index in [2.05, 4.69) is 18.7 Å². The molecule has 0 aromatic heterocycles. The number of benzene rings is 1. The predicted molar refractivity (Wildman–Crippen MR) is 82.8 cm³/mol. The zero-order valence-corrected chi connectivity index (χ0v) is 13.0. The fourth-order valence-corrected chi connectivity index (χ4v) is 3.27. The molecule has 1 saturated heterocycles. The minimum absolute atomic E-state index is 0.0722. The van der Waals surface area contributed by atoms with Crippen molar-refractivity contribution < 1.29 is 9.53 Å². The van der Waals surface area contributed by atoms with Crippen molar-refractivity contribution in [3.8, 4) is 5.75 Å². The van der Waals surface area contributed by atoms with Gasteiger partial charge in [0.05, 0.1) is 18.4 Å². The van der Waals surface area contributed by atoms with E-state index >= 15 is 0 Å². The van der Waals surface area contributed by atoms with Crippen LogP contribution in [0.25, 0.3) is 0 Å². The van der Waals surface area contributed by atoms with E-state index in [0.717, 1.165) is 24.3 Å². The van der Waals surface area contributed by atoms with Gasteiger partial charge >= 0.3 is 0 Å². The van der Waals surface area contributed by atoms with Crippen molar-refractivity contribution in [1.82, 2.24) is 0 Å². The maximum Gasteiger partial charge on any atom is 0.165 e. The summed E-state index contributed by atoms with van der Waals surface area (Å²) in [7, 11) is 1.62. The summed E-state index contributed by atoms with van der Waals surface area (Å²) in [6.45, 7) is 8.21. The second-order valence-corrected chi connectivity index (χ2v) is 5.79. The number of ether oxygens (including phenoxy) is 1. The molecule has 0 amide bonds. The van der Waals surface area contributed by atoms with E-state index in [9.17, 15) is 4.79 Å². The molecule has 3 heteroatoms. The number of carbonyl (C=O) groups is 1. The van der Waals surface area contributed by atoms with Crippen molar-refractivity contribution in [3.63, 3.8) is 0 Å². The molecule has 0 unspecified atom stereocenters. The summed E-state index contributed by atoms with van der Waals surface area (Å²) in [5.41, 5.74) is 2.15. The van der Waals surface area contributed by atoms with E-state index in [1.807, 2.05) is 18.2 Å². The normalized spacial score (nSPS) is 17.3. The zero-order chi connectivity index (χ0) is 14.8. The van der Waals surface area contributed by atoms with Crippen LogP contribution < -0.4 is 9.64 Å². The molecular formula is C17H25NO2. The third-order valence-electron chi connectivity index (χ3n) is 4.86. The maximum atomic E-state index is 12.0. The molecule has 0 spiro atoms. The molecule has 1 aromatic carbocycles. The van der Waals surface area contributed by atoms with Gasteiger partial charge in [0.15, 0.2) is 5.78 Å². The van der Waals surface area contributed by atoms with E-state index in [1.54, 1.807) is 14.0 Å². The average Bonchev–Trinajstić information content (AvgIpc) is 2.91. The van der Waals surface area contributed by atoms with Crippen LogP contribution in [-0.4, -0.2) is 26.0 Å². The van der Waals surface area contributed by atoms with Crippen LogP contribution in [0.1, 0.15) is 50.4 Å². The Balaban J connectivity index is 2.37. The van der Waals surface area contributed by atoms with E-state index in [4.69, 9.17) is 4.74 Å². The van der Waals surface area contributed by atoms with E-state index in [-0.39, 0.29) is 5.78 Å². The number of Topliss-reactive ketones (excluding diaryl/α,β-unsaturated/α-hetero) is 1. The summed E-state index contributed by atoms with van der Waals surface area (Å²) in [4.78, 5) is 14.3. The van der Waals surface area contributed by atoms with Crippen molar-refractivity contribution in [2.24, 2.45) is 5.41 Å². The highest BCUT2D eigenvalue weighted by atomic mass is 16.5. The van der Waals surface area contributed by atoms with Gasteiger partial charge in [0.1, 0.15) is 5.75 Å². The number of anilines is 1. The highest BCUT2D eigenvalue weighted by Gasteiger charge is 2.36. The fourth-order valence-electron chi connectivity index (χ4n) is 3.27. The van der Waals surface area contributed by atoms with Gasteiger partial charge in [-0.25, -0.2) is 0 Å². The molecule has 0 saturated carbocycles. The minimum Gasteiger partial charge on any atom is -0.496 e. The summed E-state index contributed by atoms with van der Waals surface area (Å²) in [5.74, 6) is 0.753. The molecule has 20 heavy (non-hydrogen) atoms. The molecule has 0 aliphatic carbocycles. The SMILES string of the molecule is CCC1(CC)CCN(c2cccc(OC)c2C(C)=O)C1. The van der Waals surface area contributed by atoms with E-state index < -0.39 is 0 Å². The molecular weight excluding hydrogens is 250 g/mol. The molecule has 0 radical (unpaired) electrons. The van der Waals surface area contributed by atoms with Crippen molar-refractivity contribution >= 4 is 11.5 Å². The number of hydrogen-bond acceptors (Lipinski definition) is 3. The monoisotopic (exact) mass is 275 g/mol. The van der Waals surface area contributed by atoms with Gasteiger partial charge in [-0.15, -0.1) is 0 Å². The molecule has 0 bridgehead atoms. The Morgan fingerprint density at radius 1 is 1.35 bits per heavy atom. The number of ketones is 1. The highest BCUT2D eigenvalue weighted by molar-refractivity contribution is 6.02. The predicted octanol–water partition coefficient (Wildman–Crippen LogP) is 3.91. The Morgan fingerprint density at radius 3 is 2.55 bits per heavy atom. The molecule has 1 aliphatic rings. The maximum absolute atomic E-state index is 12.0. The van der Waals surface area contributed by atoms with Gasteiger partial charge in [0.25, 0.3) is 0 Å². The Kier molecular flexibility index (Phi) is 4.36. The molecule has 1 aliphatic heterocycles. The largest absolute Gasteiger partial charge is 0.496 e. The topological polar surface area (TPSA) is 29.5 Å². The smallest absolute Gasteiger partial charge is 0.165 e. The number of nitrogens with zero attached hydrogens (tertiary/aromatic N) is 1. The zero-order valence-electron chi connectivity index (χ0n) is 13.0. The van der Waals surface area contributed by atoms with Gasteiger partial charge < -0.3 is 9.64 Å². The Labute approximate surface area is 121 Å². The highest BCUT2D eigenvalue weighted by Crippen LogP contribution is 2.41. The lowest BCUT2D eigenvalue weighted by atomic mass is 9.82. The van der Waals surface area contributed by atoms with Crippen molar-refractivity contribution in [2.45, 2.75) is 40.0 Å². The third-order valence-corrected chi connectivity index (χ3v) is 4.86. The van der Waals surface area contributed by atoms with Crippen LogP contribution in [-0.2, 0) is 0 Å². The van der Waals surface area contributed by atoms with Crippen LogP contribution in [0, 0.1) is 5.41 Å². The summed E-state index contributed by atoms with van der Waals surface area (Å²) < 4.78 is 5.36. The van der Waals surface area contributed by atoms with Gasteiger partial charge in [-0.3, -0.25) is 4.79 Å². The van der Waals surface area contributed by atoms with Crippen LogP contribution >= 0.6 is 0 Å². The first-order valence-electron chi connectivity index (χ1n) is 7.50.